The molecule has 2 aromatic rings. The molecule has 0 aliphatic heterocycles. The van der Waals surface area contributed by atoms with E-state index in [1.165, 1.54) is 5.69 Å². The molecule has 0 radical (unpaired) electrons. The maximum atomic E-state index is 5.34. The Morgan fingerprint density at radius 3 is 3.05 bits per heavy atom. The molecule has 19 heavy (non-hydrogen) atoms. The summed E-state index contributed by atoms with van der Waals surface area (Å²) in [7, 11) is 0. The predicted octanol–water partition coefficient (Wildman–Crippen LogP) is 3.00. The number of hydrogen-bond donors (Lipinski definition) is 1. The van der Waals surface area contributed by atoms with Gasteiger partial charge in [-0.15, -0.1) is 0 Å². The molecule has 0 bridgehead atoms. The lowest BCUT2D eigenvalue weighted by atomic mass is 10.1. The molecule has 2 rings (SSSR count). The number of aromatic nitrogens is 2. The maximum Gasteiger partial charge on any atom is 0.103 e. The fourth-order valence-corrected chi connectivity index (χ4v) is 2.12. The second-order valence-electron chi connectivity index (χ2n) is 4.95. The van der Waals surface area contributed by atoms with E-state index in [-0.39, 0.29) is 0 Å². The van der Waals surface area contributed by atoms with E-state index in [4.69, 9.17) is 4.42 Å². The Hall–Kier alpha value is -1.55. The molecule has 0 aliphatic rings. The van der Waals surface area contributed by atoms with Gasteiger partial charge in [0.05, 0.1) is 12.0 Å². The van der Waals surface area contributed by atoms with Gasteiger partial charge in [-0.2, -0.15) is 5.10 Å². The van der Waals surface area contributed by atoms with Gasteiger partial charge in [-0.1, -0.05) is 6.92 Å². The van der Waals surface area contributed by atoms with Gasteiger partial charge in [0.1, 0.15) is 5.76 Å². The minimum Gasteiger partial charge on any atom is -0.469 e. The number of nitrogens with one attached hydrogen (secondary N) is 1. The molecule has 1 unspecified atom stereocenters. The summed E-state index contributed by atoms with van der Waals surface area (Å²) in [6.07, 6.45) is 6.78. The third-order valence-corrected chi connectivity index (χ3v) is 3.28. The molecule has 4 nitrogen and oxygen atoms in total. The van der Waals surface area contributed by atoms with Crippen molar-refractivity contribution in [1.82, 2.24) is 15.1 Å². The standard InChI is InChI=1S/C15H23N3O/c1-3-10-18-14(8-9-17-18)12-16-13(2)6-7-15-5-4-11-19-15/h4-5,8-9,11,13,16H,3,6-7,10,12H2,1-2H3. The van der Waals surface area contributed by atoms with Crippen LogP contribution in [0.4, 0.5) is 0 Å². The van der Waals surface area contributed by atoms with Crippen LogP contribution < -0.4 is 5.32 Å². The number of nitrogens with zero attached hydrogens (tertiary/aromatic N) is 2. The summed E-state index contributed by atoms with van der Waals surface area (Å²) in [5, 5.41) is 7.88. The lowest BCUT2D eigenvalue weighted by Gasteiger charge is -2.14. The average molecular weight is 261 g/mol. The van der Waals surface area contributed by atoms with Gasteiger partial charge in [0.15, 0.2) is 0 Å². The highest BCUT2D eigenvalue weighted by Crippen LogP contribution is 2.07. The van der Waals surface area contributed by atoms with Crippen LogP contribution in [0.3, 0.4) is 0 Å². The van der Waals surface area contributed by atoms with Gasteiger partial charge in [-0.25, -0.2) is 0 Å². The van der Waals surface area contributed by atoms with Gasteiger partial charge >= 0.3 is 0 Å². The zero-order valence-electron chi connectivity index (χ0n) is 11.8. The Labute approximate surface area is 114 Å². The Morgan fingerprint density at radius 1 is 1.42 bits per heavy atom. The zero-order valence-corrected chi connectivity index (χ0v) is 11.8. The minimum absolute atomic E-state index is 0.468. The van der Waals surface area contributed by atoms with E-state index in [0.717, 1.165) is 38.1 Å². The Morgan fingerprint density at radius 2 is 2.32 bits per heavy atom. The molecule has 2 heterocycles. The van der Waals surface area contributed by atoms with Gasteiger partial charge < -0.3 is 9.73 Å². The van der Waals surface area contributed by atoms with Crippen LogP contribution in [-0.2, 0) is 19.5 Å². The first kappa shape index (κ1) is 13.9. The van der Waals surface area contributed by atoms with Crippen LogP contribution in [0.15, 0.2) is 35.1 Å². The van der Waals surface area contributed by atoms with E-state index in [0.29, 0.717) is 6.04 Å². The molecule has 0 amide bonds. The quantitative estimate of drug-likeness (QED) is 0.794. The molecule has 0 saturated carbocycles. The van der Waals surface area contributed by atoms with E-state index in [9.17, 15) is 0 Å². The van der Waals surface area contributed by atoms with Crippen molar-refractivity contribution in [2.45, 2.75) is 52.2 Å². The highest BCUT2D eigenvalue weighted by Gasteiger charge is 2.06. The van der Waals surface area contributed by atoms with Gasteiger partial charge in [0, 0.05) is 31.7 Å². The fourth-order valence-electron chi connectivity index (χ4n) is 2.12. The SMILES string of the molecule is CCCn1nccc1CNC(C)CCc1ccco1. The van der Waals surface area contributed by atoms with Crippen molar-refractivity contribution in [3.63, 3.8) is 0 Å². The largest absolute Gasteiger partial charge is 0.469 e. The lowest BCUT2D eigenvalue weighted by Crippen LogP contribution is -2.27. The first-order valence-electron chi connectivity index (χ1n) is 7.06. The third-order valence-electron chi connectivity index (χ3n) is 3.28. The van der Waals surface area contributed by atoms with Crippen LogP contribution in [0.25, 0.3) is 0 Å². The molecule has 1 atom stereocenters. The molecule has 0 fully saturated rings. The number of rotatable bonds is 8. The van der Waals surface area contributed by atoms with Gasteiger partial charge in [-0.3, -0.25) is 4.68 Å². The minimum atomic E-state index is 0.468. The maximum absolute atomic E-state index is 5.34. The summed E-state index contributed by atoms with van der Waals surface area (Å²) >= 11 is 0. The smallest absolute Gasteiger partial charge is 0.103 e. The van der Waals surface area contributed by atoms with Crippen LogP contribution in [0.1, 0.15) is 38.1 Å². The van der Waals surface area contributed by atoms with Crippen molar-refractivity contribution in [2.75, 3.05) is 0 Å². The molecule has 0 spiro atoms. The highest BCUT2D eigenvalue weighted by molar-refractivity contribution is 5.01. The molecule has 2 aromatic heterocycles. The van der Waals surface area contributed by atoms with Crippen molar-refractivity contribution in [1.29, 1.82) is 0 Å². The monoisotopic (exact) mass is 261 g/mol. The Bertz CT molecular complexity index is 461. The van der Waals surface area contributed by atoms with Crippen molar-refractivity contribution in [3.05, 3.63) is 42.1 Å². The Kier molecular flexibility index (Phi) is 5.21. The molecule has 0 aliphatic carbocycles. The molecule has 0 aromatic carbocycles. The summed E-state index contributed by atoms with van der Waals surface area (Å²) in [6.45, 7) is 6.25. The predicted molar refractivity (Wildman–Crippen MR) is 75.8 cm³/mol. The molecule has 1 N–H and O–H groups in total. The zero-order chi connectivity index (χ0) is 13.5. The first-order chi connectivity index (χ1) is 9.29. The van der Waals surface area contributed by atoms with Crippen molar-refractivity contribution >= 4 is 0 Å². The summed E-state index contributed by atoms with van der Waals surface area (Å²) in [6, 6.07) is 6.52. The Balaban J connectivity index is 1.73. The molecule has 4 heteroatoms. The van der Waals surface area contributed by atoms with Gasteiger partial charge in [0.2, 0.25) is 0 Å². The summed E-state index contributed by atoms with van der Waals surface area (Å²) < 4.78 is 7.42. The summed E-state index contributed by atoms with van der Waals surface area (Å²) in [5.41, 5.74) is 1.26. The van der Waals surface area contributed by atoms with Crippen LogP contribution in [0.5, 0.6) is 0 Å². The third kappa shape index (κ3) is 4.24. The molecule has 104 valence electrons. The lowest BCUT2D eigenvalue weighted by molar-refractivity contribution is 0.451. The summed E-state index contributed by atoms with van der Waals surface area (Å²) in [4.78, 5) is 0. The first-order valence-corrected chi connectivity index (χ1v) is 7.06. The van der Waals surface area contributed by atoms with Crippen molar-refractivity contribution in [2.24, 2.45) is 0 Å². The van der Waals surface area contributed by atoms with E-state index >= 15 is 0 Å². The molecular formula is C15H23N3O. The van der Waals surface area contributed by atoms with Crippen LogP contribution in [0.2, 0.25) is 0 Å². The van der Waals surface area contributed by atoms with E-state index in [1.54, 1.807) is 6.26 Å². The average Bonchev–Trinajstić information content (AvgIpc) is 3.06. The second kappa shape index (κ2) is 7.14. The van der Waals surface area contributed by atoms with Crippen molar-refractivity contribution in [3.8, 4) is 0 Å². The van der Waals surface area contributed by atoms with E-state index in [1.807, 2.05) is 18.3 Å². The normalized spacial score (nSPS) is 12.7. The topological polar surface area (TPSA) is 43.0 Å². The number of aryl methyl sites for hydroxylation is 2. The fraction of sp³-hybridized carbons (Fsp3) is 0.533. The van der Waals surface area contributed by atoms with Crippen LogP contribution in [-0.4, -0.2) is 15.8 Å². The number of hydrogen-bond acceptors (Lipinski definition) is 3. The second-order valence-corrected chi connectivity index (χ2v) is 4.95. The van der Waals surface area contributed by atoms with Crippen LogP contribution in [0, 0.1) is 0 Å². The van der Waals surface area contributed by atoms with E-state index in [2.05, 4.69) is 35.0 Å². The molecule has 0 saturated heterocycles. The van der Waals surface area contributed by atoms with Gasteiger partial charge in [0.25, 0.3) is 0 Å². The van der Waals surface area contributed by atoms with E-state index < -0.39 is 0 Å². The van der Waals surface area contributed by atoms with Crippen molar-refractivity contribution < 1.29 is 4.42 Å². The van der Waals surface area contributed by atoms with Crippen LogP contribution >= 0.6 is 0 Å². The number of furan rings is 1. The summed E-state index contributed by atoms with van der Waals surface area (Å²) in [5.74, 6) is 1.06. The molecular weight excluding hydrogens is 238 g/mol. The van der Waals surface area contributed by atoms with Gasteiger partial charge in [-0.05, 0) is 38.0 Å². The highest BCUT2D eigenvalue weighted by atomic mass is 16.3.